The van der Waals surface area contributed by atoms with Crippen LogP contribution in [0.3, 0.4) is 0 Å². The minimum Gasteiger partial charge on any atom is -0.351 e. The van der Waals surface area contributed by atoms with Gasteiger partial charge in [0.25, 0.3) is 5.56 Å². The maximum atomic E-state index is 12.9. The zero-order chi connectivity index (χ0) is 24.6. The summed E-state index contributed by atoms with van der Waals surface area (Å²) < 4.78 is 2.41. The number of amides is 2. The monoisotopic (exact) mass is 475 g/mol. The van der Waals surface area contributed by atoms with Gasteiger partial charge in [-0.15, -0.1) is 0 Å². The van der Waals surface area contributed by atoms with Crippen LogP contribution in [-0.4, -0.2) is 63.5 Å². The lowest BCUT2D eigenvalue weighted by Crippen LogP contribution is -2.53. The van der Waals surface area contributed by atoms with Crippen LogP contribution < -0.4 is 16.6 Å². The van der Waals surface area contributed by atoms with Crippen molar-refractivity contribution < 1.29 is 9.59 Å². The van der Waals surface area contributed by atoms with Crippen molar-refractivity contribution in [2.75, 3.05) is 32.7 Å². The van der Waals surface area contributed by atoms with E-state index in [4.69, 9.17) is 0 Å². The molecule has 4 rings (SSSR count). The minimum atomic E-state index is -0.511. The van der Waals surface area contributed by atoms with E-state index >= 15 is 0 Å². The summed E-state index contributed by atoms with van der Waals surface area (Å²) >= 11 is 0. The van der Waals surface area contributed by atoms with Crippen molar-refractivity contribution in [3.63, 3.8) is 0 Å². The Balaban J connectivity index is 1.29. The van der Waals surface area contributed by atoms with Gasteiger partial charge < -0.3 is 10.2 Å². The summed E-state index contributed by atoms with van der Waals surface area (Å²) in [6, 6.07) is 20.5. The van der Waals surface area contributed by atoms with Crippen molar-refractivity contribution >= 4 is 11.8 Å². The molecule has 0 atom stereocenters. The van der Waals surface area contributed by atoms with Gasteiger partial charge in [0.1, 0.15) is 6.54 Å². The summed E-state index contributed by atoms with van der Waals surface area (Å²) in [6.45, 7) is 2.72. The van der Waals surface area contributed by atoms with Gasteiger partial charge >= 0.3 is 5.69 Å². The predicted molar refractivity (Wildman–Crippen MR) is 132 cm³/mol. The summed E-state index contributed by atoms with van der Waals surface area (Å²) in [4.78, 5) is 53.9. The molecule has 0 spiro atoms. The molecule has 1 fully saturated rings. The summed E-state index contributed by atoms with van der Waals surface area (Å²) in [6.07, 6.45) is 1.46. The van der Waals surface area contributed by atoms with Gasteiger partial charge in [-0.1, -0.05) is 60.7 Å². The Morgan fingerprint density at radius 1 is 0.771 bits per heavy atom. The largest absolute Gasteiger partial charge is 0.351 e. The molecule has 2 aromatic carbocycles. The van der Waals surface area contributed by atoms with Gasteiger partial charge in [-0.3, -0.25) is 28.4 Å². The summed E-state index contributed by atoms with van der Waals surface area (Å²) in [5, 5.41) is 2.91. The molecule has 1 N–H and O–H groups in total. The maximum Gasteiger partial charge on any atom is 0.331 e. The standard InChI is InChI=1S/C26H29N5O4/c32-23(27-17-21-7-3-1-4-8-21)19-28-13-15-29(16-14-28)25(34)20-31-24(33)11-12-30(26(31)35)18-22-9-5-2-6-10-22/h1-12H,13-20H2,(H,27,32). The van der Waals surface area contributed by atoms with Crippen LogP contribution in [0, 0.1) is 0 Å². The van der Waals surface area contributed by atoms with Crippen molar-refractivity contribution in [2.24, 2.45) is 0 Å². The second-order valence-electron chi connectivity index (χ2n) is 8.56. The molecule has 1 aliphatic rings. The molecule has 35 heavy (non-hydrogen) atoms. The highest BCUT2D eigenvalue weighted by atomic mass is 16.2. The molecular weight excluding hydrogens is 446 g/mol. The number of benzene rings is 2. The third kappa shape index (κ3) is 6.54. The first-order chi connectivity index (χ1) is 17.0. The zero-order valence-corrected chi connectivity index (χ0v) is 19.5. The fraction of sp³-hybridized carbons (Fsp3) is 0.308. The molecule has 9 nitrogen and oxygen atoms in total. The number of piperazine rings is 1. The summed E-state index contributed by atoms with van der Waals surface area (Å²) in [5.74, 6) is -0.349. The van der Waals surface area contributed by atoms with Crippen LogP contribution in [0.15, 0.2) is 82.5 Å². The van der Waals surface area contributed by atoms with Crippen molar-refractivity contribution in [1.29, 1.82) is 0 Å². The average Bonchev–Trinajstić information content (AvgIpc) is 2.88. The van der Waals surface area contributed by atoms with E-state index < -0.39 is 11.2 Å². The van der Waals surface area contributed by atoms with Crippen LogP contribution >= 0.6 is 0 Å². The third-order valence-electron chi connectivity index (χ3n) is 6.05. The highest BCUT2D eigenvalue weighted by Gasteiger charge is 2.23. The van der Waals surface area contributed by atoms with Gasteiger partial charge in [-0.05, 0) is 11.1 Å². The van der Waals surface area contributed by atoms with Gasteiger partial charge in [0.15, 0.2) is 0 Å². The maximum absolute atomic E-state index is 12.9. The molecule has 0 unspecified atom stereocenters. The SMILES string of the molecule is O=C(CN1CCN(C(=O)Cn2c(=O)ccn(Cc3ccccc3)c2=O)CC1)NCc1ccccc1. The van der Waals surface area contributed by atoms with E-state index in [0.717, 1.165) is 15.7 Å². The quantitative estimate of drug-likeness (QED) is 0.513. The van der Waals surface area contributed by atoms with E-state index in [2.05, 4.69) is 5.32 Å². The van der Waals surface area contributed by atoms with Crippen molar-refractivity contribution in [2.45, 2.75) is 19.6 Å². The summed E-state index contributed by atoms with van der Waals surface area (Å²) in [5.41, 5.74) is 0.954. The molecule has 2 heterocycles. The number of hydrogen-bond donors (Lipinski definition) is 1. The zero-order valence-electron chi connectivity index (χ0n) is 19.5. The normalized spacial score (nSPS) is 14.0. The molecule has 9 heteroatoms. The molecule has 1 saturated heterocycles. The molecule has 0 aliphatic carbocycles. The average molecular weight is 476 g/mol. The fourth-order valence-electron chi connectivity index (χ4n) is 4.05. The van der Waals surface area contributed by atoms with Crippen LogP contribution in [0.5, 0.6) is 0 Å². The fourth-order valence-corrected chi connectivity index (χ4v) is 4.05. The molecule has 3 aromatic rings. The topological polar surface area (TPSA) is 96.7 Å². The van der Waals surface area contributed by atoms with Gasteiger partial charge in [0, 0.05) is 45.0 Å². The Morgan fingerprint density at radius 2 is 1.40 bits per heavy atom. The molecule has 0 radical (unpaired) electrons. The highest BCUT2D eigenvalue weighted by Crippen LogP contribution is 2.04. The Bertz CT molecular complexity index is 1260. The number of carbonyl (C=O) groups excluding carboxylic acids is 2. The Kier molecular flexibility index (Phi) is 7.89. The second kappa shape index (κ2) is 11.4. The van der Waals surface area contributed by atoms with E-state index in [1.807, 2.05) is 65.6 Å². The summed E-state index contributed by atoms with van der Waals surface area (Å²) in [7, 11) is 0. The number of rotatable bonds is 8. The van der Waals surface area contributed by atoms with Crippen LogP contribution in [0.25, 0.3) is 0 Å². The number of carbonyl (C=O) groups is 2. The molecule has 1 aliphatic heterocycles. The number of nitrogens with one attached hydrogen (secondary N) is 1. The van der Waals surface area contributed by atoms with Crippen LogP contribution in [0.4, 0.5) is 0 Å². The molecule has 182 valence electrons. The van der Waals surface area contributed by atoms with Crippen molar-refractivity contribution in [3.8, 4) is 0 Å². The van der Waals surface area contributed by atoms with Crippen molar-refractivity contribution in [1.82, 2.24) is 24.3 Å². The molecule has 0 bridgehead atoms. The van der Waals surface area contributed by atoms with Crippen LogP contribution in [0.2, 0.25) is 0 Å². The predicted octanol–water partition coefficient (Wildman–Crippen LogP) is 0.519. The van der Waals surface area contributed by atoms with Gasteiger partial charge in [0.05, 0.1) is 13.1 Å². The van der Waals surface area contributed by atoms with E-state index in [1.165, 1.54) is 16.8 Å². The smallest absolute Gasteiger partial charge is 0.331 e. The Hall–Kier alpha value is -3.98. The first-order valence-electron chi connectivity index (χ1n) is 11.6. The Labute approximate surface area is 203 Å². The molecular formula is C26H29N5O4. The lowest BCUT2D eigenvalue weighted by molar-refractivity contribution is -0.134. The lowest BCUT2D eigenvalue weighted by Gasteiger charge is -2.34. The highest BCUT2D eigenvalue weighted by molar-refractivity contribution is 5.78. The molecule has 2 amide bonds. The lowest BCUT2D eigenvalue weighted by atomic mass is 10.2. The van der Waals surface area contributed by atoms with E-state index in [-0.39, 0.29) is 24.9 Å². The Morgan fingerprint density at radius 3 is 2.06 bits per heavy atom. The molecule has 1 aromatic heterocycles. The third-order valence-corrected chi connectivity index (χ3v) is 6.05. The second-order valence-corrected chi connectivity index (χ2v) is 8.56. The van der Waals surface area contributed by atoms with Crippen LogP contribution in [-0.2, 0) is 29.2 Å². The number of hydrogen-bond acceptors (Lipinski definition) is 5. The van der Waals surface area contributed by atoms with E-state index in [9.17, 15) is 19.2 Å². The van der Waals surface area contributed by atoms with Crippen molar-refractivity contribution in [3.05, 3.63) is 105 Å². The number of aromatic nitrogens is 2. The first kappa shape index (κ1) is 24.2. The van der Waals surface area contributed by atoms with Gasteiger partial charge in [-0.25, -0.2) is 4.79 Å². The van der Waals surface area contributed by atoms with Gasteiger partial charge in [-0.2, -0.15) is 0 Å². The van der Waals surface area contributed by atoms with E-state index in [0.29, 0.717) is 39.3 Å². The first-order valence-corrected chi connectivity index (χ1v) is 11.6. The minimum absolute atomic E-state index is 0.0663. The number of nitrogens with zero attached hydrogens (tertiary/aromatic N) is 4. The molecule has 0 saturated carbocycles. The van der Waals surface area contributed by atoms with Crippen LogP contribution in [0.1, 0.15) is 11.1 Å². The van der Waals surface area contributed by atoms with E-state index in [1.54, 1.807) is 4.90 Å². The van der Waals surface area contributed by atoms with Gasteiger partial charge in [0.2, 0.25) is 11.8 Å².